The number of nitrogens with one attached hydrogen (secondary N) is 1. The van der Waals surface area contributed by atoms with Crippen LogP contribution < -0.4 is 5.32 Å². The summed E-state index contributed by atoms with van der Waals surface area (Å²) in [6.45, 7) is 12.9. The SMILES string of the molecule is C[C@@H](O[Si](C)(C)C(C)(C)C)c1nnc(CC2CC(NC(=O)O)C2)o1. The van der Waals surface area contributed by atoms with Crippen LogP contribution in [0.3, 0.4) is 0 Å². The molecule has 0 spiro atoms. The first-order valence-electron chi connectivity index (χ1n) is 8.47. The Kier molecular flexibility index (Phi) is 5.39. The summed E-state index contributed by atoms with van der Waals surface area (Å²) >= 11 is 0. The second-order valence-electron chi connectivity index (χ2n) is 8.24. The predicted octanol–water partition coefficient (Wildman–Crippen LogP) is 3.74. The van der Waals surface area contributed by atoms with Crippen LogP contribution in [0.4, 0.5) is 4.79 Å². The van der Waals surface area contributed by atoms with Crippen LogP contribution in [0.25, 0.3) is 0 Å². The molecule has 1 atom stereocenters. The molecule has 0 aromatic carbocycles. The summed E-state index contributed by atoms with van der Waals surface area (Å²) in [4.78, 5) is 10.6. The number of hydrogen-bond acceptors (Lipinski definition) is 5. The topological polar surface area (TPSA) is 97.5 Å². The number of carbonyl (C=O) groups is 1. The standard InChI is InChI=1S/C16H29N3O4Si/c1-10(23-24(5,6)16(2,3)4)14-19-18-13(22-14)9-11-7-12(8-11)17-15(20)21/h10-12,17H,7-9H2,1-6H3,(H,20,21)/t10-,11?,12?/m1/s1. The molecule has 1 aliphatic carbocycles. The number of carboxylic acid groups (broad SMARTS) is 1. The Bertz CT molecular complexity index is 576. The van der Waals surface area contributed by atoms with E-state index in [1.165, 1.54) is 0 Å². The second kappa shape index (κ2) is 6.83. The zero-order valence-corrected chi connectivity index (χ0v) is 16.4. The van der Waals surface area contributed by atoms with Crippen molar-refractivity contribution in [3.05, 3.63) is 11.8 Å². The van der Waals surface area contributed by atoms with E-state index in [2.05, 4.69) is 49.4 Å². The average molecular weight is 356 g/mol. The molecular formula is C16H29N3O4Si. The number of rotatable bonds is 6. The van der Waals surface area contributed by atoms with E-state index >= 15 is 0 Å². The van der Waals surface area contributed by atoms with Crippen LogP contribution in [-0.2, 0) is 10.8 Å². The highest BCUT2D eigenvalue weighted by atomic mass is 28.4. The first-order valence-corrected chi connectivity index (χ1v) is 11.4. The molecule has 0 bridgehead atoms. The minimum absolute atomic E-state index is 0.0516. The van der Waals surface area contributed by atoms with E-state index in [-0.39, 0.29) is 17.2 Å². The van der Waals surface area contributed by atoms with Gasteiger partial charge in [0, 0.05) is 12.5 Å². The molecule has 1 fully saturated rings. The van der Waals surface area contributed by atoms with Gasteiger partial charge in [-0.3, -0.25) is 0 Å². The van der Waals surface area contributed by atoms with E-state index in [0.29, 0.717) is 24.1 Å². The van der Waals surface area contributed by atoms with Crippen LogP contribution in [0.5, 0.6) is 0 Å². The van der Waals surface area contributed by atoms with E-state index in [1.807, 2.05) is 6.92 Å². The highest BCUT2D eigenvalue weighted by molar-refractivity contribution is 6.74. The summed E-state index contributed by atoms with van der Waals surface area (Å²) in [5, 5.41) is 19.5. The molecule has 0 radical (unpaired) electrons. The van der Waals surface area contributed by atoms with E-state index in [4.69, 9.17) is 13.9 Å². The van der Waals surface area contributed by atoms with Crippen molar-refractivity contribution in [2.75, 3.05) is 0 Å². The third-order valence-electron chi connectivity index (χ3n) is 5.13. The fourth-order valence-electron chi connectivity index (χ4n) is 2.62. The summed E-state index contributed by atoms with van der Waals surface area (Å²) < 4.78 is 12.0. The first-order chi connectivity index (χ1) is 11.0. The van der Waals surface area contributed by atoms with Crippen LogP contribution >= 0.6 is 0 Å². The summed E-state index contributed by atoms with van der Waals surface area (Å²) in [7, 11) is -1.89. The predicted molar refractivity (Wildman–Crippen MR) is 92.4 cm³/mol. The maximum atomic E-state index is 10.6. The van der Waals surface area contributed by atoms with E-state index < -0.39 is 14.4 Å². The van der Waals surface area contributed by atoms with E-state index in [9.17, 15) is 4.79 Å². The minimum Gasteiger partial charge on any atom is -0.465 e. The van der Waals surface area contributed by atoms with Crippen LogP contribution in [0.2, 0.25) is 18.1 Å². The van der Waals surface area contributed by atoms with Gasteiger partial charge < -0.3 is 19.3 Å². The third-order valence-corrected chi connectivity index (χ3v) is 9.69. The molecule has 7 nitrogen and oxygen atoms in total. The second-order valence-corrected chi connectivity index (χ2v) is 13.0. The third kappa shape index (κ3) is 4.57. The molecule has 8 heteroatoms. The monoisotopic (exact) mass is 355 g/mol. The van der Waals surface area contributed by atoms with Gasteiger partial charge in [-0.25, -0.2) is 4.79 Å². The Morgan fingerprint density at radius 3 is 2.58 bits per heavy atom. The van der Waals surface area contributed by atoms with Crippen LogP contribution in [-0.4, -0.2) is 35.8 Å². The lowest BCUT2D eigenvalue weighted by Gasteiger charge is -2.37. The van der Waals surface area contributed by atoms with Crippen molar-refractivity contribution in [2.24, 2.45) is 5.92 Å². The largest absolute Gasteiger partial charge is 0.465 e. The zero-order valence-electron chi connectivity index (χ0n) is 15.4. The van der Waals surface area contributed by atoms with Gasteiger partial charge in [-0.05, 0) is 43.8 Å². The molecule has 24 heavy (non-hydrogen) atoms. The van der Waals surface area contributed by atoms with Crippen molar-refractivity contribution >= 4 is 14.4 Å². The molecule has 1 heterocycles. The summed E-state index contributed by atoms with van der Waals surface area (Å²) in [5.41, 5.74) is 0. The molecule has 1 aromatic heterocycles. The number of nitrogens with zero attached hydrogens (tertiary/aromatic N) is 2. The number of aromatic nitrogens is 2. The normalized spacial score (nSPS) is 22.8. The average Bonchev–Trinajstić information content (AvgIpc) is 2.82. The van der Waals surface area contributed by atoms with E-state index in [1.54, 1.807) is 0 Å². The van der Waals surface area contributed by atoms with Crippen LogP contribution in [0.15, 0.2) is 4.42 Å². The van der Waals surface area contributed by atoms with Crippen molar-refractivity contribution < 1.29 is 18.7 Å². The van der Waals surface area contributed by atoms with Gasteiger partial charge in [0.15, 0.2) is 8.32 Å². The molecule has 1 saturated carbocycles. The Balaban J connectivity index is 1.86. The van der Waals surface area contributed by atoms with Gasteiger partial charge in [-0.15, -0.1) is 10.2 Å². The van der Waals surface area contributed by atoms with Gasteiger partial charge >= 0.3 is 6.09 Å². The lowest BCUT2D eigenvalue weighted by molar-refractivity contribution is 0.155. The minimum atomic E-state index is -1.89. The van der Waals surface area contributed by atoms with Gasteiger partial charge in [0.1, 0.15) is 6.10 Å². The Morgan fingerprint density at radius 1 is 1.42 bits per heavy atom. The molecular weight excluding hydrogens is 326 g/mol. The number of hydrogen-bond donors (Lipinski definition) is 2. The molecule has 136 valence electrons. The summed E-state index contributed by atoms with van der Waals surface area (Å²) in [5.74, 6) is 1.52. The Labute approximate surface area is 144 Å². The molecule has 1 aromatic rings. The van der Waals surface area contributed by atoms with E-state index in [0.717, 1.165) is 12.8 Å². The van der Waals surface area contributed by atoms with Crippen molar-refractivity contribution in [1.29, 1.82) is 0 Å². The molecule has 0 unspecified atom stereocenters. The lowest BCUT2D eigenvalue weighted by atomic mass is 9.78. The number of amides is 1. The van der Waals surface area contributed by atoms with Crippen LogP contribution in [0.1, 0.15) is 58.4 Å². The van der Waals surface area contributed by atoms with Gasteiger partial charge in [0.05, 0.1) is 0 Å². The van der Waals surface area contributed by atoms with Gasteiger partial charge in [-0.1, -0.05) is 20.8 Å². The van der Waals surface area contributed by atoms with Crippen molar-refractivity contribution in [3.8, 4) is 0 Å². The molecule has 0 saturated heterocycles. The quantitative estimate of drug-likeness (QED) is 0.754. The molecule has 2 N–H and O–H groups in total. The molecule has 0 aliphatic heterocycles. The summed E-state index contributed by atoms with van der Waals surface area (Å²) in [6.07, 6.45) is 1.16. The maximum absolute atomic E-state index is 10.6. The van der Waals surface area contributed by atoms with Gasteiger partial charge in [0.25, 0.3) is 0 Å². The Hall–Kier alpha value is -1.41. The Morgan fingerprint density at radius 2 is 2.04 bits per heavy atom. The molecule has 1 amide bonds. The first kappa shape index (κ1) is 18.9. The van der Waals surface area contributed by atoms with Gasteiger partial charge in [0.2, 0.25) is 11.8 Å². The van der Waals surface area contributed by atoms with Crippen molar-refractivity contribution in [2.45, 2.75) is 77.2 Å². The van der Waals surface area contributed by atoms with Crippen molar-refractivity contribution in [1.82, 2.24) is 15.5 Å². The van der Waals surface area contributed by atoms with Gasteiger partial charge in [-0.2, -0.15) is 0 Å². The van der Waals surface area contributed by atoms with Crippen LogP contribution in [0, 0.1) is 5.92 Å². The zero-order chi connectivity index (χ0) is 18.1. The summed E-state index contributed by atoms with van der Waals surface area (Å²) in [6, 6.07) is 0.0516. The molecule has 2 rings (SSSR count). The highest BCUT2D eigenvalue weighted by Crippen LogP contribution is 2.39. The molecule has 1 aliphatic rings. The fourth-order valence-corrected chi connectivity index (χ4v) is 3.96. The highest BCUT2D eigenvalue weighted by Gasteiger charge is 2.39. The fraction of sp³-hybridized carbons (Fsp3) is 0.812. The van der Waals surface area contributed by atoms with Crippen molar-refractivity contribution in [3.63, 3.8) is 0 Å². The maximum Gasteiger partial charge on any atom is 0.404 e. The lowest BCUT2D eigenvalue weighted by Crippen LogP contribution is -2.44. The smallest absolute Gasteiger partial charge is 0.404 e.